The molecular formula is C13H16ClN5O2. The molecule has 3 rings (SSSR count). The van der Waals surface area contributed by atoms with Crippen LogP contribution in [-0.4, -0.2) is 40.3 Å². The molecule has 0 N–H and O–H groups in total. The molecule has 0 saturated carbocycles. The van der Waals surface area contributed by atoms with Gasteiger partial charge < -0.3 is 14.2 Å². The maximum absolute atomic E-state index is 6.21. The summed E-state index contributed by atoms with van der Waals surface area (Å²) in [7, 11) is 1.53. The van der Waals surface area contributed by atoms with Crippen molar-refractivity contribution in [3.63, 3.8) is 0 Å². The van der Waals surface area contributed by atoms with E-state index in [2.05, 4.69) is 25.0 Å². The van der Waals surface area contributed by atoms with Crippen molar-refractivity contribution >= 4 is 17.4 Å². The van der Waals surface area contributed by atoms with Crippen molar-refractivity contribution in [2.45, 2.75) is 25.7 Å². The molecule has 2 aromatic rings. The zero-order chi connectivity index (χ0) is 14.8. The summed E-state index contributed by atoms with van der Waals surface area (Å²) in [5, 5.41) is 4.37. The minimum atomic E-state index is 0.192. The lowest BCUT2D eigenvalue weighted by Crippen LogP contribution is -2.35. The molecule has 1 aliphatic rings. The van der Waals surface area contributed by atoms with E-state index in [-0.39, 0.29) is 5.92 Å². The topological polar surface area (TPSA) is 77.2 Å². The number of hydrogen-bond acceptors (Lipinski definition) is 7. The number of rotatable bonds is 3. The Bertz CT molecular complexity index is 633. The first kappa shape index (κ1) is 14.1. The molecule has 112 valence electrons. The highest BCUT2D eigenvalue weighted by molar-refractivity contribution is 6.32. The molecule has 7 nitrogen and oxygen atoms in total. The van der Waals surface area contributed by atoms with Gasteiger partial charge in [0.2, 0.25) is 5.89 Å². The third-order valence-corrected chi connectivity index (χ3v) is 3.77. The number of methoxy groups -OCH3 is 1. The molecule has 1 aliphatic heterocycles. The molecule has 0 spiro atoms. The highest BCUT2D eigenvalue weighted by Crippen LogP contribution is 2.32. The number of halogens is 1. The average Bonchev–Trinajstić information content (AvgIpc) is 2.94. The number of nitrogens with zero attached hydrogens (tertiary/aromatic N) is 5. The van der Waals surface area contributed by atoms with E-state index in [1.165, 1.54) is 7.11 Å². The number of aryl methyl sites for hydroxylation is 1. The Kier molecular flexibility index (Phi) is 3.92. The quantitative estimate of drug-likeness (QED) is 0.860. The fourth-order valence-corrected chi connectivity index (χ4v) is 2.72. The SMILES string of the molecule is COc1ncc(Cl)c(N2CCC[C@H](c3nc(C)no3)C2)n1. The van der Waals surface area contributed by atoms with Gasteiger partial charge in [-0.2, -0.15) is 9.97 Å². The van der Waals surface area contributed by atoms with Crippen molar-refractivity contribution in [3.8, 4) is 6.01 Å². The molecule has 1 atom stereocenters. The second-order valence-corrected chi connectivity index (χ2v) is 5.40. The Balaban J connectivity index is 1.83. The molecule has 0 radical (unpaired) electrons. The van der Waals surface area contributed by atoms with Crippen LogP contribution in [-0.2, 0) is 0 Å². The van der Waals surface area contributed by atoms with Gasteiger partial charge in [0.05, 0.1) is 19.2 Å². The maximum Gasteiger partial charge on any atom is 0.318 e. The van der Waals surface area contributed by atoms with E-state index in [9.17, 15) is 0 Å². The molecule has 3 heterocycles. The molecule has 0 aliphatic carbocycles. The zero-order valence-electron chi connectivity index (χ0n) is 11.9. The lowest BCUT2D eigenvalue weighted by atomic mass is 9.98. The minimum Gasteiger partial charge on any atom is -0.467 e. The molecule has 2 aromatic heterocycles. The van der Waals surface area contributed by atoms with Crippen LogP contribution in [0, 0.1) is 6.92 Å². The van der Waals surface area contributed by atoms with Gasteiger partial charge in [0, 0.05) is 13.1 Å². The summed E-state index contributed by atoms with van der Waals surface area (Å²) < 4.78 is 10.4. The summed E-state index contributed by atoms with van der Waals surface area (Å²) in [6, 6.07) is 0.310. The third-order valence-electron chi connectivity index (χ3n) is 3.50. The maximum atomic E-state index is 6.21. The normalized spacial score (nSPS) is 18.8. The van der Waals surface area contributed by atoms with Crippen LogP contribution < -0.4 is 9.64 Å². The summed E-state index contributed by atoms with van der Waals surface area (Å²) in [5.74, 6) is 2.21. The summed E-state index contributed by atoms with van der Waals surface area (Å²) >= 11 is 6.21. The van der Waals surface area contributed by atoms with E-state index >= 15 is 0 Å². The van der Waals surface area contributed by atoms with Gasteiger partial charge in [0.15, 0.2) is 11.6 Å². The zero-order valence-corrected chi connectivity index (χ0v) is 12.7. The molecular weight excluding hydrogens is 294 g/mol. The third kappa shape index (κ3) is 2.92. The van der Waals surface area contributed by atoms with Crippen molar-refractivity contribution in [1.29, 1.82) is 0 Å². The van der Waals surface area contributed by atoms with E-state index in [1.807, 2.05) is 6.92 Å². The van der Waals surface area contributed by atoms with Crippen LogP contribution >= 0.6 is 11.6 Å². The molecule has 0 aromatic carbocycles. The Labute approximate surface area is 127 Å². The number of aromatic nitrogens is 4. The molecule has 0 amide bonds. The van der Waals surface area contributed by atoms with Crippen LogP contribution in [0.15, 0.2) is 10.7 Å². The van der Waals surface area contributed by atoms with Gasteiger partial charge in [0.25, 0.3) is 0 Å². The molecule has 0 unspecified atom stereocenters. The van der Waals surface area contributed by atoms with Crippen LogP contribution in [0.1, 0.15) is 30.5 Å². The van der Waals surface area contributed by atoms with Crippen LogP contribution in [0.2, 0.25) is 5.02 Å². The van der Waals surface area contributed by atoms with Gasteiger partial charge in [-0.1, -0.05) is 16.8 Å². The lowest BCUT2D eigenvalue weighted by Gasteiger charge is -2.32. The Morgan fingerprint density at radius 2 is 2.29 bits per heavy atom. The van der Waals surface area contributed by atoms with E-state index < -0.39 is 0 Å². The molecule has 1 saturated heterocycles. The van der Waals surface area contributed by atoms with Crippen molar-refractivity contribution < 1.29 is 9.26 Å². The van der Waals surface area contributed by atoms with Crippen LogP contribution in [0.25, 0.3) is 0 Å². The second kappa shape index (κ2) is 5.85. The van der Waals surface area contributed by atoms with E-state index in [4.69, 9.17) is 20.9 Å². The van der Waals surface area contributed by atoms with Gasteiger partial charge in [-0.15, -0.1) is 0 Å². The van der Waals surface area contributed by atoms with Gasteiger partial charge in [-0.25, -0.2) is 4.98 Å². The first-order valence-corrected chi connectivity index (χ1v) is 7.17. The van der Waals surface area contributed by atoms with Gasteiger partial charge in [-0.05, 0) is 19.8 Å². The van der Waals surface area contributed by atoms with Crippen LogP contribution in [0.4, 0.5) is 5.82 Å². The second-order valence-electron chi connectivity index (χ2n) is 4.99. The molecule has 21 heavy (non-hydrogen) atoms. The van der Waals surface area contributed by atoms with Crippen LogP contribution in [0.3, 0.4) is 0 Å². The first-order chi connectivity index (χ1) is 10.2. The van der Waals surface area contributed by atoms with Crippen molar-refractivity contribution in [1.82, 2.24) is 20.1 Å². The van der Waals surface area contributed by atoms with E-state index in [1.54, 1.807) is 6.20 Å². The van der Waals surface area contributed by atoms with Crippen molar-refractivity contribution in [2.24, 2.45) is 0 Å². The smallest absolute Gasteiger partial charge is 0.318 e. The highest BCUT2D eigenvalue weighted by atomic mass is 35.5. The fourth-order valence-electron chi connectivity index (χ4n) is 2.51. The Hall–Kier alpha value is -1.89. The van der Waals surface area contributed by atoms with E-state index in [0.717, 1.165) is 25.9 Å². The summed E-state index contributed by atoms with van der Waals surface area (Å²) in [4.78, 5) is 14.8. The van der Waals surface area contributed by atoms with Gasteiger partial charge in [-0.3, -0.25) is 0 Å². The minimum absolute atomic E-state index is 0.192. The summed E-state index contributed by atoms with van der Waals surface area (Å²) in [5.41, 5.74) is 0. The highest BCUT2D eigenvalue weighted by Gasteiger charge is 2.27. The molecule has 1 fully saturated rings. The Morgan fingerprint density at radius 1 is 1.43 bits per heavy atom. The largest absolute Gasteiger partial charge is 0.467 e. The molecule has 0 bridgehead atoms. The average molecular weight is 310 g/mol. The summed E-state index contributed by atoms with van der Waals surface area (Å²) in [6.45, 7) is 3.44. The molecule has 8 heteroatoms. The predicted octanol–water partition coefficient (Wildman–Crippen LogP) is 2.21. The standard InChI is InChI=1S/C13H16ClN5O2/c1-8-16-12(21-18-8)9-4-3-5-19(7-9)11-10(14)6-15-13(17-11)20-2/h6,9H,3-5,7H2,1-2H3/t9-/m0/s1. The fraction of sp³-hybridized carbons (Fsp3) is 0.538. The monoisotopic (exact) mass is 309 g/mol. The predicted molar refractivity (Wildman–Crippen MR) is 76.8 cm³/mol. The van der Waals surface area contributed by atoms with Crippen LogP contribution in [0.5, 0.6) is 6.01 Å². The van der Waals surface area contributed by atoms with E-state index in [0.29, 0.717) is 28.6 Å². The number of piperidine rings is 1. The van der Waals surface area contributed by atoms with Crippen molar-refractivity contribution in [3.05, 3.63) is 22.9 Å². The first-order valence-electron chi connectivity index (χ1n) is 6.79. The summed E-state index contributed by atoms with van der Waals surface area (Å²) in [6.07, 6.45) is 3.58. The Morgan fingerprint density at radius 3 is 3.00 bits per heavy atom. The van der Waals surface area contributed by atoms with Crippen molar-refractivity contribution in [2.75, 3.05) is 25.1 Å². The van der Waals surface area contributed by atoms with Gasteiger partial charge >= 0.3 is 6.01 Å². The lowest BCUT2D eigenvalue weighted by molar-refractivity contribution is 0.330. The number of ether oxygens (including phenoxy) is 1. The van der Waals surface area contributed by atoms with Gasteiger partial charge in [0.1, 0.15) is 5.02 Å². The number of hydrogen-bond donors (Lipinski definition) is 0. The number of anilines is 1.